The molecule has 1 unspecified atom stereocenters. The molecule has 90 valence electrons. The van der Waals surface area contributed by atoms with Gasteiger partial charge in [0.1, 0.15) is 6.61 Å². The topological polar surface area (TPSA) is 52.6 Å². The van der Waals surface area contributed by atoms with Gasteiger partial charge in [-0.15, -0.1) is 0 Å². The van der Waals surface area contributed by atoms with E-state index in [2.05, 4.69) is 0 Å². The van der Waals surface area contributed by atoms with Crippen LogP contribution in [-0.2, 0) is 25.7 Å². The Balaban J connectivity index is 1.76. The van der Waals surface area contributed by atoms with Crippen LogP contribution < -0.4 is 0 Å². The molecule has 1 atom stereocenters. The number of rotatable bonds is 4. The van der Waals surface area contributed by atoms with Crippen LogP contribution in [0.1, 0.15) is 18.4 Å². The van der Waals surface area contributed by atoms with Gasteiger partial charge in [-0.05, 0) is 12.0 Å². The summed E-state index contributed by atoms with van der Waals surface area (Å²) in [6, 6.07) is 9.45. The minimum Gasteiger partial charge on any atom is -0.465 e. The summed E-state index contributed by atoms with van der Waals surface area (Å²) in [6.45, 7) is 0.664. The highest BCUT2D eigenvalue weighted by Gasteiger charge is 2.29. The summed E-state index contributed by atoms with van der Waals surface area (Å²) < 4.78 is 9.87. The number of hydrogen-bond acceptors (Lipinski definition) is 4. The molecule has 0 spiro atoms. The summed E-state index contributed by atoms with van der Waals surface area (Å²) in [6.07, 6.45) is 0.727. The van der Waals surface area contributed by atoms with Gasteiger partial charge in [0.2, 0.25) is 0 Å². The molecule has 1 saturated heterocycles. The van der Waals surface area contributed by atoms with Crippen molar-refractivity contribution in [3.05, 3.63) is 35.9 Å². The number of ether oxygens (including phenoxy) is 2. The van der Waals surface area contributed by atoms with Crippen molar-refractivity contribution >= 4 is 11.9 Å². The van der Waals surface area contributed by atoms with Gasteiger partial charge >= 0.3 is 11.9 Å². The Morgan fingerprint density at radius 2 is 2.12 bits per heavy atom. The van der Waals surface area contributed by atoms with Gasteiger partial charge in [0.25, 0.3) is 0 Å². The number of benzene rings is 1. The van der Waals surface area contributed by atoms with Gasteiger partial charge in [0.05, 0.1) is 18.9 Å². The lowest BCUT2D eigenvalue weighted by Crippen LogP contribution is -2.15. The summed E-state index contributed by atoms with van der Waals surface area (Å²) in [5.41, 5.74) is 0.940. The van der Waals surface area contributed by atoms with Crippen LogP contribution in [0.5, 0.6) is 0 Å². The molecule has 1 aliphatic heterocycles. The largest absolute Gasteiger partial charge is 0.465 e. The average Bonchev–Trinajstić information content (AvgIpc) is 2.74. The molecule has 1 fully saturated rings. The van der Waals surface area contributed by atoms with E-state index in [1.54, 1.807) is 0 Å². The predicted octanol–water partition coefficient (Wildman–Crippen LogP) is 1.68. The molecule has 0 saturated carbocycles. The molecule has 0 radical (unpaired) electrons. The van der Waals surface area contributed by atoms with Crippen LogP contribution >= 0.6 is 0 Å². The third-order valence-electron chi connectivity index (χ3n) is 2.70. The number of cyclic esters (lactones) is 1. The first-order valence-electron chi connectivity index (χ1n) is 5.62. The number of hydrogen-bond donors (Lipinski definition) is 0. The summed E-state index contributed by atoms with van der Waals surface area (Å²) in [5.74, 6) is -0.961. The Hall–Kier alpha value is -1.84. The molecule has 0 aliphatic carbocycles. The van der Waals surface area contributed by atoms with Crippen LogP contribution in [0.25, 0.3) is 0 Å². The van der Waals surface area contributed by atoms with Gasteiger partial charge in [0, 0.05) is 0 Å². The van der Waals surface area contributed by atoms with E-state index in [4.69, 9.17) is 9.47 Å². The van der Waals surface area contributed by atoms with Crippen LogP contribution in [-0.4, -0.2) is 18.5 Å². The minimum atomic E-state index is -0.349. The molecule has 0 bridgehead atoms. The molecule has 1 aromatic rings. The number of carbonyl (C=O) groups excluding carboxylic acids is 2. The van der Waals surface area contributed by atoms with Crippen molar-refractivity contribution in [2.75, 3.05) is 6.61 Å². The smallest absolute Gasteiger partial charge is 0.309 e. The third-order valence-corrected chi connectivity index (χ3v) is 2.70. The SMILES string of the molecule is O=C(CC1CCOC1=O)OCc1ccccc1. The zero-order valence-electron chi connectivity index (χ0n) is 9.43. The Morgan fingerprint density at radius 3 is 2.76 bits per heavy atom. The van der Waals surface area contributed by atoms with E-state index in [0.29, 0.717) is 13.0 Å². The highest BCUT2D eigenvalue weighted by Crippen LogP contribution is 2.18. The fourth-order valence-corrected chi connectivity index (χ4v) is 1.72. The standard InChI is InChI=1S/C13H14O4/c14-12(8-11-6-7-16-13(11)15)17-9-10-4-2-1-3-5-10/h1-5,11H,6-9H2. The fourth-order valence-electron chi connectivity index (χ4n) is 1.72. The second-order valence-electron chi connectivity index (χ2n) is 4.00. The Bertz CT molecular complexity index is 399. The minimum absolute atomic E-state index is 0.117. The molecule has 2 rings (SSSR count). The Labute approximate surface area is 99.5 Å². The van der Waals surface area contributed by atoms with Crippen LogP contribution in [0.3, 0.4) is 0 Å². The lowest BCUT2D eigenvalue weighted by molar-refractivity contribution is -0.150. The molecule has 0 N–H and O–H groups in total. The van der Waals surface area contributed by atoms with Gasteiger partial charge in [-0.1, -0.05) is 30.3 Å². The van der Waals surface area contributed by atoms with Crippen molar-refractivity contribution in [2.24, 2.45) is 5.92 Å². The fraction of sp³-hybridized carbons (Fsp3) is 0.385. The zero-order valence-corrected chi connectivity index (χ0v) is 9.43. The Morgan fingerprint density at radius 1 is 1.35 bits per heavy atom. The summed E-state index contributed by atoms with van der Waals surface area (Å²) in [5, 5.41) is 0. The van der Waals surface area contributed by atoms with Crippen molar-refractivity contribution in [3.63, 3.8) is 0 Å². The summed E-state index contributed by atoms with van der Waals surface area (Å²) >= 11 is 0. The van der Waals surface area contributed by atoms with Crippen LogP contribution in [0.2, 0.25) is 0 Å². The highest BCUT2D eigenvalue weighted by molar-refractivity contribution is 5.81. The molecular formula is C13H14O4. The van der Waals surface area contributed by atoms with Gasteiger partial charge < -0.3 is 9.47 Å². The van der Waals surface area contributed by atoms with Gasteiger partial charge in [0.15, 0.2) is 0 Å². The first-order chi connectivity index (χ1) is 8.25. The molecule has 4 nitrogen and oxygen atoms in total. The van der Waals surface area contributed by atoms with E-state index in [0.717, 1.165) is 5.56 Å². The van der Waals surface area contributed by atoms with Gasteiger partial charge in [-0.3, -0.25) is 9.59 Å². The molecule has 1 aliphatic rings. The summed E-state index contributed by atoms with van der Waals surface area (Å²) in [7, 11) is 0. The zero-order chi connectivity index (χ0) is 12.1. The summed E-state index contributed by atoms with van der Waals surface area (Å²) in [4.78, 5) is 22.6. The van der Waals surface area contributed by atoms with E-state index in [-0.39, 0.29) is 30.9 Å². The molecule has 17 heavy (non-hydrogen) atoms. The van der Waals surface area contributed by atoms with Crippen molar-refractivity contribution in [1.82, 2.24) is 0 Å². The van der Waals surface area contributed by atoms with E-state index < -0.39 is 0 Å². The van der Waals surface area contributed by atoms with Gasteiger partial charge in [-0.2, -0.15) is 0 Å². The van der Waals surface area contributed by atoms with Crippen LogP contribution in [0, 0.1) is 5.92 Å². The van der Waals surface area contributed by atoms with Crippen LogP contribution in [0.15, 0.2) is 30.3 Å². The van der Waals surface area contributed by atoms with Crippen molar-refractivity contribution in [1.29, 1.82) is 0 Å². The molecule has 0 amide bonds. The normalized spacial score (nSPS) is 18.8. The van der Waals surface area contributed by atoms with Gasteiger partial charge in [-0.25, -0.2) is 0 Å². The maximum Gasteiger partial charge on any atom is 0.309 e. The first kappa shape index (κ1) is 11.6. The maximum absolute atomic E-state index is 11.5. The lowest BCUT2D eigenvalue weighted by Gasteiger charge is -2.06. The molecule has 1 heterocycles. The molecule has 1 aromatic carbocycles. The molecule has 0 aromatic heterocycles. The monoisotopic (exact) mass is 234 g/mol. The average molecular weight is 234 g/mol. The molecular weight excluding hydrogens is 220 g/mol. The van der Waals surface area contributed by atoms with E-state index in [1.165, 1.54) is 0 Å². The highest BCUT2D eigenvalue weighted by atomic mass is 16.5. The van der Waals surface area contributed by atoms with E-state index >= 15 is 0 Å². The third kappa shape index (κ3) is 3.31. The first-order valence-corrected chi connectivity index (χ1v) is 5.62. The predicted molar refractivity (Wildman–Crippen MR) is 59.9 cm³/mol. The van der Waals surface area contributed by atoms with Crippen molar-refractivity contribution < 1.29 is 19.1 Å². The quantitative estimate of drug-likeness (QED) is 0.744. The maximum atomic E-state index is 11.5. The van der Waals surface area contributed by atoms with Crippen LogP contribution in [0.4, 0.5) is 0 Å². The van der Waals surface area contributed by atoms with E-state index in [9.17, 15) is 9.59 Å². The second kappa shape index (κ2) is 5.48. The molecule has 4 heteroatoms. The van der Waals surface area contributed by atoms with E-state index in [1.807, 2.05) is 30.3 Å². The van der Waals surface area contributed by atoms with Crippen molar-refractivity contribution in [2.45, 2.75) is 19.4 Å². The second-order valence-corrected chi connectivity index (χ2v) is 4.00. The number of esters is 2. The van der Waals surface area contributed by atoms with Crippen molar-refractivity contribution in [3.8, 4) is 0 Å². The number of carbonyl (C=O) groups is 2. The Kier molecular flexibility index (Phi) is 3.75. The lowest BCUT2D eigenvalue weighted by atomic mass is 10.1.